The van der Waals surface area contributed by atoms with Crippen molar-refractivity contribution in [1.29, 1.82) is 0 Å². The third-order valence-corrected chi connectivity index (χ3v) is 4.54. The molecule has 1 heterocycles. The first-order chi connectivity index (χ1) is 13.9. The van der Waals surface area contributed by atoms with Crippen molar-refractivity contribution in [2.75, 3.05) is 46.5 Å². The molecular weight excluding hydrogens is 512 g/mol. The smallest absolute Gasteiger partial charge is 0.379 e. The highest BCUT2D eigenvalue weighted by atomic mass is 127. The van der Waals surface area contributed by atoms with Crippen LogP contribution in [0, 0.1) is 0 Å². The molecule has 0 aromatic heterocycles. The fourth-order valence-corrected chi connectivity index (χ4v) is 3.20. The van der Waals surface area contributed by atoms with Crippen LogP contribution in [0.2, 0.25) is 0 Å². The summed E-state index contributed by atoms with van der Waals surface area (Å²) in [7, 11) is 1.65. The number of benzene rings is 1. The zero-order valence-corrected chi connectivity index (χ0v) is 19.8. The largest absolute Gasteiger partial charge is 0.401 e. The highest BCUT2D eigenvalue weighted by Gasteiger charge is 2.34. The molecule has 1 unspecified atom stereocenters. The summed E-state index contributed by atoms with van der Waals surface area (Å²) in [4.78, 5) is 5.60. The highest BCUT2D eigenvalue weighted by Crippen LogP contribution is 2.19. The van der Waals surface area contributed by atoms with Crippen molar-refractivity contribution < 1.29 is 22.6 Å². The van der Waals surface area contributed by atoms with Crippen molar-refractivity contribution in [3.8, 4) is 0 Å². The van der Waals surface area contributed by atoms with E-state index in [0.29, 0.717) is 58.4 Å². The molecule has 6 nitrogen and oxygen atoms in total. The van der Waals surface area contributed by atoms with Gasteiger partial charge in [0.25, 0.3) is 0 Å². The Morgan fingerprint density at radius 2 is 1.97 bits per heavy atom. The normalized spacial score (nSPS) is 17.6. The molecule has 0 amide bonds. The minimum Gasteiger partial charge on any atom is -0.379 e. The van der Waals surface area contributed by atoms with Gasteiger partial charge in [-0.2, -0.15) is 13.2 Å². The number of nitrogens with zero attached hydrogens (tertiary/aromatic N) is 2. The van der Waals surface area contributed by atoms with Gasteiger partial charge in [0.15, 0.2) is 5.96 Å². The van der Waals surface area contributed by atoms with E-state index in [1.807, 2.05) is 25.1 Å². The number of ether oxygens (including phenoxy) is 2. The van der Waals surface area contributed by atoms with E-state index >= 15 is 0 Å². The third kappa shape index (κ3) is 10.8. The maximum atomic E-state index is 12.5. The summed E-state index contributed by atoms with van der Waals surface area (Å²) in [6.07, 6.45) is -3.50. The Bertz CT molecular complexity index is 647. The van der Waals surface area contributed by atoms with Crippen LogP contribution >= 0.6 is 24.0 Å². The van der Waals surface area contributed by atoms with Crippen molar-refractivity contribution in [3.63, 3.8) is 0 Å². The molecule has 1 fully saturated rings. The van der Waals surface area contributed by atoms with Crippen LogP contribution in [0.4, 0.5) is 13.2 Å². The molecule has 172 valence electrons. The van der Waals surface area contributed by atoms with E-state index in [9.17, 15) is 13.2 Å². The van der Waals surface area contributed by atoms with E-state index in [-0.39, 0.29) is 30.0 Å². The van der Waals surface area contributed by atoms with E-state index in [1.54, 1.807) is 7.05 Å². The van der Waals surface area contributed by atoms with E-state index in [0.717, 1.165) is 11.1 Å². The maximum absolute atomic E-state index is 12.5. The third-order valence-electron chi connectivity index (χ3n) is 4.54. The van der Waals surface area contributed by atoms with E-state index in [2.05, 4.69) is 21.7 Å². The van der Waals surface area contributed by atoms with Gasteiger partial charge < -0.3 is 20.1 Å². The van der Waals surface area contributed by atoms with Gasteiger partial charge in [0.2, 0.25) is 0 Å². The van der Waals surface area contributed by atoms with E-state index in [1.165, 1.54) is 4.90 Å². The molecule has 1 atom stereocenters. The van der Waals surface area contributed by atoms with Crippen LogP contribution in [0.5, 0.6) is 0 Å². The van der Waals surface area contributed by atoms with Crippen LogP contribution in [-0.4, -0.2) is 69.6 Å². The zero-order valence-electron chi connectivity index (χ0n) is 17.5. The van der Waals surface area contributed by atoms with Crippen molar-refractivity contribution in [1.82, 2.24) is 15.5 Å². The first-order valence-electron chi connectivity index (χ1n) is 9.89. The van der Waals surface area contributed by atoms with Gasteiger partial charge in [-0.1, -0.05) is 24.3 Å². The van der Waals surface area contributed by atoms with Gasteiger partial charge in [-0.25, -0.2) is 0 Å². The lowest BCUT2D eigenvalue weighted by Gasteiger charge is -2.20. The van der Waals surface area contributed by atoms with Crippen molar-refractivity contribution >= 4 is 29.9 Å². The number of halogens is 4. The Balaban J connectivity index is 0.00000450. The quantitative estimate of drug-likeness (QED) is 0.205. The summed E-state index contributed by atoms with van der Waals surface area (Å²) in [5.41, 5.74) is 2.14. The van der Waals surface area contributed by atoms with Crippen LogP contribution in [0.3, 0.4) is 0 Å². The average molecular weight is 544 g/mol. The highest BCUT2D eigenvalue weighted by molar-refractivity contribution is 14.0. The molecule has 1 aromatic rings. The average Bonchev–Trinajstić information content (AvgIpc) is 3.10. The minimum absolute atomic E-state index is 0. The predicted octanol–water partition coefficient (Wildman–Crippen LogP) is 3.16. The summed E-state index contributed by atoms with van der Waals surface area (Å²) < 4.78 is 48.4. The molecule has 0 radical (unpaired) electrons. The molecule has 1 aromatic carbocycles. The number of guanidine groups is 1. The van der Waals surface area contributed by atoms with Crippen LogP contribution in [-0.2, 0) is 22.6 Å². The molecule has 2 N–H and O–H groups in total. The first-order valence-corrected chi connectivity index (χ1v) is 9.89. The molecule has 10 heteroatoms. The predicted molar refractivity (Wildman–Crippen MR) is 122 cm³/mol. The Kier molecular flexibility index (Phi) is 12.6. The second kappa shape index (κ2) is 14.0. The van der Waals surface area contributed by atoms with Gasteiger partial charge in [0, 0.05) is 39.3 Å². The molecule has 2 rings (SSSR count). The number of aliphatic imine (C=N–C) groups is 1. The minimum atomic E-state index is -4.16. The standard InChI is InChI=1S/C20H31F3N4O2.HI/c1-3-28-9-10-29-14-17-6-4-5-16(11-17)12-25-19(24-2)26-18-7-8-27(13-18)15-20(21,22)23;/h4-6,11,18H,3,7-10,12-15H2,1-2H3,(H2,24,25,26);1H. The summed E-state index contributed by atoms with van der Waals surface area (Å²) in [5.74, 6) is 0.585. The molecule has 0 bridgehead atoms. The van der Waals surface area contributed by atoms with Gasteiger partial charge in [0.05, 0.1) is 26.4 Å². The second-order valence-corrected chi connectivity index (χ2v) is 6.98. The lowest BCUT2D eigenvalue weighted by Crippen LogP contribution is -2.44. The number of hydrogen-bond donors (Lipinski definition) is 2. The maximum Gasteiger partial charge on any atom is 0.401 e. The molecule has 1 saturated heterocycles. The number of likely N-dealkylation sites (tertiary alicyclic amines) is 1. The summed E-state index contributed by atoms with van der Waals surface area (Å²) in [6.45, 7) is 4.77. The van der Waals surface area contributed by atoms with Gasteiger partial charge in [-0.05, 0) is 24.5 Å². The van der Waals surface area contributed by atoms with Gasteiger partial charge in [-0.15, -0.1) is 24.0 Å². The first kappa shape index (κ1) is 26.9. The van der Waals surface area contributed by atoms with Crippen molar-refractivity contribution in [3.05, 3.63) is 35.4 Å². The van der Waals surface area contributed by atoms with Crippen LogP contribution in [0.1, 0.15) is 24.5 Å². The number of rotatable bonds is 10. The second-order valence-electron chi connectivity index (χ2n) is 6.98. The Morgan fingerprint density at radius 1 is 1.23 bits per heavy atom. The molecule has 0 aliphatic carbocycles. The number of nitrogens with one attached hydrogen (secondary N) is 2. The Labute approximate surface area is 193 Å². The molecule has 0 spiro atoms. The van der Waals surface area contributed by atoms with E-state index < -0.39 is 12.7 Å². The van der Waals surface area contributed by atoms with Gasteiger partial charge >= 0.3 is 6.18 Å². The molecule has 0 saturated carbocycles. The van der Waals surface area contributed by atoms with Crippen LogP contribution < -0.4 is 10.6 Å². The topological polar surface area (TPSA) is 58.1 Å². The molecule has 30 heavy (non-hydrogen) atoms. The molecule has 1 aliphatic heterocycles. The zero-order chi connectivity index (χ0) is 21.1. The lowest BCUT2D eigenvalue weighted by molar-refractivity contribution is -0.143. The fourth-order valence-electron chi connectivity index (χ4n) is 3.20. The summed E-state index contributed by atoms with van der Waals surface area (Å²) in [5, 5.41) is 6.44. The Morgan fingerprint density at radius 3 is 2.67 bits per heavy atom. The van der Waals surface area contributed by atoms with Crippen LogP contribution in [0.25, 0.3) is 0 Å². The lowest BCUT2D eigenvalue weighted by atomic mass is 10.1. The molecular formula is C20H32F3IN4O2. The van der Waals surface area contributed by atoms with E-state index in [4.69, 9.17) is 9.47 Å². The van der Waals surface area contributed by atoms with Crippen molar-refractivity contribution in [2.45, 2.75) is 38.7 Å². The number of hydrogen-bond acceptors (Lipinski definition) is 4. The Hall–Kier alpha value is -1.11. The fraction of sp³-hybridized carbons (Fsp3) is 0.650. The summed E-state index contributed by atoms with van der Waals surface area (Å²) in [6, 6.07) is 7.99. The van der Waals surface area contributed by atoms with Crippen molar-refractivity contribution in [2.24, 2.45) is 4.99 Å². The van der Waals surface area contributed by atoms with Crippen LogP contribution in [0.15, 0.2) is 29.3 Å². The SMILES string of the molecule is CCOCCOCc1cccc(CNC(=NC)NC2CCN(CC(F)(F)F)C2)c1.I. The molecule has 1 aliphatic rings. The van der Waals surface area contributed by atoms with Gasteiger partial charge in [-0.3, -0.25) is 9.89 Å². The monoisotopic (exact) mass is 544 g/mol. The van der Waals surface area contributed by atoms with Gasteiger partial charge in [0.1, 0.15) is 0 Å². The number of alkyl halides is 3. The summed E-state index contributed by atoms with van der Waals surface area (Å²) >= 11 is 0.